The van der Waals surface area contributed by atoms with Crippen molar-refractivity contribution in [2.75, 3.05) is 38.8 Å². The summed E-state index contributed by atoms with van der Waals surface area (Å²) in [4.78, 5) is 31.9. The molecule has 0 radical (unpaired) electrons. The molecule has 4 aromatic rings. The van der Waals surface area contributed by atoms with E-state index in [-0.39, 0.29) is 17.9 Å². The lowest BCUT2D eigenvalue weighted by atomic mass is 10.1. The van der Waals surface area contributed by atoms with Crippen LogP contribution in [0.1, 0.15) is 43.0 Å². The molecule has 0 spiro atoms. The number of nitrogens with zero attached hydrogens (tertiary/aromatic N) is 6. The average molecular weight is 570 g/mol. The predicted molar refractivity (Wildman–Crippen MR) is 162 cm³/mol. The third kappa shape index (κ3) is 7.25. The molecule has 10 heteroatoms. The fraction of sp³-hybridized carbons (Fsp3) is 0.375. The van der Waals surface area contributed by atoms with E-state index in [4.69, 9.17) is 19.4 Å². The number of rotatable bonds is 11. The van der Waals surface area contributed by atoms with Gasteiger partial charge in [0.15, 0.2) is 0 Å². The second-order valence-electron chi connectivity index (χ2n) is 10.8. The number of carbonyl (C=O) groups is 1. The Morgan fingerprint density at radius 1 is 0.976 bits per heavy atom. The highest BCUT2D eigenvalue weighted by atomic mass is 16.5. The normalized spacial score (nSPS) is 15.5. The van der Waals surface area contributed by atoms with E-state index in [0.717, 1.165) is 54.8 Å². The van der Waals surface area contributed by atoms with Gasteiger partial charge in [0, 0.05) is 57.6 Å². The quantitative estimate of drug-likeness (QED) is 0.287. The number of nitrogens with one attached hydrogen (secondary N) is 1. The zero-order valence-electron chi connectivity index (χ0n) is 24.7. The standard InChI is InChI=1S/C32H39N7O3/c1-23(2)29-18-30(36-32(35-29)38-14-13-33-22-38)39-16-15-37(20-25-7-11-28(42-4)12-8-25)21-26(39)17-31(40)34-19-24-5-9-27(41-3)10-6-24/h5-14,18,22-23,26H,15-17,19-21H2,1-4H3,(H,34,40). The van der Waals surface area contributed by atoms with Crippen LogP contribution < -0.4 is 19.7 Å². The van der Waals surface area contributed by atoms with E-state index in [1.165, 1.54) is 5.56 Å². The Balaban J connectivity index is 1.36. The van der Waals surface area contributed by atoms with E-state index < -0.39 is 0 Å². The van der Waals surface area contributed by atoms with Crippen LogP contribution in [-0.4, -0.2) is 70.2 Å². The van der Waals surface area contributed by atoms with Gasteiger partial charge in [-0.25, -0.2) is 9.97 Å². The molecule has 1 saturated heterocycles. The highest BCUT2D eigenvalue weighted by Gasteiger charge is 2.31. The Morgan fingerprint density at radius 2 is 1.67 bits per heavy atom. The van der Waals surface area contributed by atoms with Crippen molar-refractivity contribution in [1.82, 2.24) is 29.7 Å². The second kappa shape index (κ2) is 13.5. The van der Waals surface area contributed by atoms with Crippen LogP contribution >= 0.6 is 0 Å². The van der Waals surface area contributed by atoms with Crippen LogP contribution in [0.15, 0.2) is 73.3 Å². The maximum Gasteiger partial charge on any atom is 0.237 e. The first kappa shape index (κ1) is 29.1. The number of hydrogen-bond acceptors (Lipinski definition) is 8. The van der Waals surface area contributed by atoms with Gasteiger partial charge < -0.3 is 19.7 Å². The molecular formula is C32H39N7O3. The van der Waals surface area contributed by atoms with Crippen LogP contribution in [0, 0.1) is 0 Å². The largest absolute Gasteiger partial charge is 0.497 e. The lowest BCUT2D eigenvalue weighted by molar-refractivity contribution is -0.121. The van der Waals surface area contributed by atoms with Crippen LogP contribution in [0.5, 0.6) is 11.5 Å². The Bertz CT molecular complexity index is 1440. The maximum atomic E-state index is 13.3. The molecule has 0 bridgehead atoms. The first-order valence-electron chi connectivity index (χ1n) is 14.3. The first-order chi connectivity index (χ1) is 20.4. The van der Waals surface area contributed by atoms with Gasteiger partial charge in [-0.05, 0) is 41.3 Å². The number of anilines is 1. The number of amides is 1. The minimum Gasteiger partial charge on any atom is -0.497 e. The number of aromatic nitrogens is 4. The van der Waals surface area contributed by atoms with Crippen LogP contribution in [0.25, 0.3) is 5.95 Å². The van der Waals surface area contributed by atoms with Gasteiger partial charge in [-0.3, -0.25) is 14.3 Å². The highest BCUT2D eigenvalue weighted by molar-refractivity contribution is 5.77. The topological polar surface area (TPSA) is 97.6 Å². The molecule has 220 valence electrons. The van der Waals surface area contributed by atoms with E-state index in [9.17, 15) is 4.79 Å². The lowest BCUT2D eigenvalue weighted by Gasteiger charge is -2.42. The summed E-state index contributed by atoms with van der Waals surface area (Å²) < 4.78 is 12.4. The maximum absolute atomic E-state index is 13.3. The summed E-state index contributed by atoms with van der Waals surface area (Å²) in [5.74, 6) is 3.26. The monoisotopic (exact) mass is 569 g/mol. The smallest absolute Gasteiger partial charge is 0.237 e. The molecule has 0 saturated carbocycles. The third-order valence-electron chi connectivity index (χ3n) is 7.54. The molecule has 42 heavy (non-hydrogen) atoms. The Labute approximate surface area is 247 Å². The van der Waals surface area contributed by atoms with Gasteiger partial charge in [0.2, 0.25) is 11.9 Å². The number of hydrogen-bond donors (Lipinski definition) is 1. The number of imidazole rings is 1. The predicted octanol–water partition coefficient (Wildman–Crippen LogP) is 4.20. The summed E-state index contributed by atoms with van der Waals surface area (Å²) in [6, 6.07) is 17.9. The zero-order valence-corrected chi connectivity index (χ0v) is 24.7. The molecule has 2 aromatic heterocycles. The van der Waals surface area contributed by atoms with Crippen molar-refractivity contribution in [1.29, 1.82) is 0 Å². The van der Waals surface area contributed by atoms with Crippen LogP contribution in [-0.2, 0) is 17.9 Å². The SMILES string of the molecule is COc1ccc(CNC(=O)CC2CN(Cc3ccc(OC)cc3)CCN2c2cc(C(C)C)nc(-n3ccnc3)n2)cc1. The number of piperazine rings is 1. The molecule has 10 nitrogen and oxygen atoms in total. The van der Waals surface area contributed by atoms with Gasteiger partial charge >= 0.3 is 0 Å². The summed E-state index contributed by atoms with van der Waals surface area (Å²) in [6.07, 6.45) is 5.62. The molecule has 5 rings (SSSR count). The summed E-state index contributed by atoms with van der Waals surface area (Å²) in [5, 5.41) is 3.11. The molecule has 1 atom stereocenters. The third-order valence-corrected chi connectivity index (χ3v) is 7.54. The molecular weight excluding hydrogens is 530 g/mol. The van der Waals surface area contributed by atoms with Gasteiger partial charge in [0.1, 0.15) is 23.6 Å². The molecule has 1 aliphatic heterocycles. The summed E-state index contributed by atoms with van der Waals surface area (Å²) in [5.41, 5.74) is 3.18. The first-order valence-corrected chi connectivity index (χ1v) is 14.3. The van der Waals surface area contributed by atoms with Crippen LogP contribution in [0.3, 0.4) is 0 Å². The summed E-state index contributed by atoms with van der Waals surface area (Å²) in [6.45, 7) is 7.82. The molecule has 3 heterocycles. The molecule has 0 aliphatic carbocycles. The van der Waals surface area contributed by atoms with Gasteiger partial charge in [0.05, 0.1) is 26.0 Å². The highest BCUT2D eigenvalue weighted by Crippen LogP contribution is 2.26. The molecule has 1 N–H and O–H groups in total. The van der Waals surface area contributed by atoms with E-state index in [2.05, 4.69) is 52.1 Å². The Morgan fingerprint density at radius 3 is 2.29 bits per heavy atom. The molecule has 2 aromatic carbocycles. The number of carbonyl (C=O) groups excluding carboxylic acids is 1. The minimum atomic E-state index is -0.0709. The number of benzene rings is 2. The Kier molecular flexibility index (Phi) is 9.33. The summed E-state index contributed by atoms with van der Waals surface area (Å²) >= 11 is 0. The van der Waals surface area contributed by atoms with E-state index in [1.807, 2.05) is 47.2 Å². The average Bonchev–Trinajstić information content (AvgIpc) is 3.56. The van der Waals surface area contributed by atoms with Crippen molar-refractivity contribution in [3.63, 3.8) is 0 Å². The van der Waals surface area contributed by atoms with Gasteiger partial charge in [-0.1, -0.05) is 38.1 Å². The van der Waals surface area contributed by atoms with Gasteiger partial charge in [-0.15, -0.1) is 0 Å². The minimum absolute atomic E-state index is 0.0000813. The second-order valence-corrected chi connectivity index (χ2v) is 10.8. The fourth-order valence-corrected chi connectivity index (χ4v) is 5.13. The van der Waals surface area contributed by atoms with Crippen molar-refractivity contribution < 1.29 is 14.3 Å². The van der Waals surface area contributed by atoms with Crippen molar-refractivity contribution in [3.8, 4) is 17.4 Å². The zero-order chi connectivity index (χ0) is 29.5. The van der Waals surface area contributed by atoms with E-state index in [0.29, 0.717) is 18.9 Å². The molecule has 1 aliphatic rings. The molecule has 1 unspecified atom stereocenters. The fourth-order valence-electron chi connectivity index (χ4n) is 5.13. The van der Waals surface area contributed by atoms with Gasteiger partial charge in [-0.2, -0.15) is 4.98 Å². The van der Waals surface area contributed by atoms with Crippen LogP contribution in [0.4, 0.5) is 5.82 Å². The van der Waals surface area contributed by atoms with Crippen LogP contribution in [0.2, 0.25) is 0 Å². The van der Waals surface area contributed by atoms with Crippen molar-refractivity contribution in [3.05, 3.63) is 90.1 Å². The van der Waals surface area contributed by atoms with Crippen molar-refractivity contribution in [2.45, 2.75) is 45.3 Å². The summed E-state index contributed by atoms with van der Waals surface area (Å²) in [7, 11) is 3.32. The van der Waals surface area contributed by atoms with Gasteiger partial charge in [0.25, 0.3) is 0 Å². The number of methoxy groups -OCH3 is 2. The Hall–Kier alpha value is -4.44. The van der Waals surface area contributed by atoms with Crippen molar-refractivity contribution >= 4 is 11.7 Å². The lowest BCUT2D eigenvalue weighted by Crippen LogP contribution is -2.54. The van der Waals surface area contributed by atoms with Crippen molar-refractivity contribution in [2.24, 2.45) is 0 Å². The molecule has 1 fully saturated rings. The van der Waals surface area contributed by atoms with E-state index in [1.54, 1.807) is 26.7 Å². The number of ether oxygens (including phenoxy) is 2. The molecule has 1 amide bonds. The van der Waals surface area contributed by atoms with E-state index >= 15 is 0 Å².